The first-order valence-corrected chi connectivity index (χ1v) is 7.51. The number of nitrogens with zero attached hydrogens (tertiary/aromatic N) is 2. The van der Waals surface area contributed by atoms with E-state index in [9.17, 15) is 0 Å². The first-order valence-electron chi connectivity index (χ1n) is 6.70. The van der Waals surface area contributed by atoms with Gasteiger partial charge in [-0.25, -0.2) is 0 Å². The molecule has 0 bridgehead atoms. The van der Waals surface area contributed by atoms with E-state index in [4.69, 9.17) is 4.74 Å². The van der Waals surface area contributed by atoms with Crippen molar-refractivity contribution in [2.45, 2.75) is 32.7 Å². The van der Waals surface area contributed by atoms with Gasteiger partial charge in [-0.2, -0.15) is 0 Å². The second-order valence-corrected chi connectivity index (χ2v) is 6.72. The van der Waals surface area contributed by atoms with Crippen molar-refractivity contribution in [3.63, 3.8) is 0 Å². The molecule has 0 amide bonds. The maximum absolute atomic E-state index is 5.15. The Kier molecular flexibility index (Phi) is 4.73. The summed E-state index contributed by atoms with van der Waals surface area (Å²) in [6.07, 6.45) is 0.908. The van der Waals surface area contributed by atoms with Gasteiger partial charge in [0, 0.05) is 24.1 Å². The normalized spacial score (nSPS) is 11.6. The Labute approximate surface area is 124 Å². The highest BCUT2D eigenvalue weighted by Crippen LogP contribution is 2.25. The van der Waals surface area contributed by atoms with Crippen LogP contribution in [0.1, 0.15) is 25.8 Å². The molecule has 4 nitrogen and oxygen atoms in total. The molecule has 0 saturated carbocycles. The van der Waals surface area contributed by atoms with E-state index in [-0.39, 0.29) is 5.54 Å². The highest BCUT2D eigenvalue weighted by Gasteiger charge is 2.10. The molecular weight excluding hydrogens is 270 g/mol. The Morgan fingerprint density at radius 3 is 2.45 bits per heavy atom. The second kappa shape index (κ2) is 6.33. The van der Waals surface area contributed by atoms with E-state index >= 15 is 0 Å². The number of rotatable bonds is 5. The predicted molar refractivity (Wildman–Crippen MR) is 83.4 cm³/mol. The monoisotopic (exact) mass is 291 g/mol. The largest absolute Gasteiger partial charge is 0.497 e. The van der Waals surface area contributed by atoms with Crippen LogP contribution in [0.5, 0.6) is 5.75 Å². The van der Waals surface area contributed by atoms with Gasteiger partial charge in [-0.15, -0.1) is 10.2 Å². The zero-order valence-electron chi connectivity index (χ0n) is 12.4. The zero-order chi connectivity index (χ0) is 14.6. The van der Waals surface area contributed by atoms with Gasteiger partial charge in [-0.1, -0.05) is 11.3 Å². The topological polar surface area (TPSA) is 47.0 Å². The van der Waals surface area contributed by atoms with E-state index < -0.39 is 0 Å². The Morgan fingerprint density at radius 1 is 1.15 bits per heavy atom. The minimum absolute atomic E-state index is 0.142. The van der Waals surface area contributed by atoms with E-state index in [1.807, 2.05) is 24.3 Å². The number of hydrogen-bond donors (Lipinski definition) is 1. The lowest BCUT2D eigenvalue weighted by Gasteiger charge is -2.19. The first kappa shape index (κ1) is 14.9. The van der Waals surface area contributed by atoms with Gasteiger partial charge in [-0.05, 0) is 45.0 Å². The molecule has 0 saturated heterocycles. The molecule has 1 aromatic heterocycles. The fourth-order valence-corrected chi connectivity index (χ4v) is 2.59. The molecule has 0 aliphatic heterocycles. The average molecular weight is 291 g/mol. The fourth-order valence-electron chi connectivity index (χ4n) is 1.75. The van der Waals surface area contributed by atoms with Crippen molar-refractivity contribution < 1.29 is 4.74 Å². The molecule has 1 heterocycles. The van der Waals surface area contributed by atoms with Crippen molar-refractivity contribution in [2.75, 3.05) is 13.7 Å². The SMILES string of the molecule is COc1ccc(-c2nnc(CCNC(C)(C)C)s2)cc1. The number of methoxy groups -OCH3 is 1. The van der Waals surface area contributed by atoms with Crippen LogP contribution in [0.15, 0.2) is 24.3 Å². The summed E-state index contributed by atoms with van der Waals surface area (Å²) in [7, 11) is 1.67. The van der Waals surface area contributed by atoms with Crippen LogP contribution in [0.2, 0.25) is 0 Å². The zero-order valence-corrected chi connectivity index (χ0v) is 13.3. The van der Waals surface area contributed by atoms with Crippen molar-refractivity contribution in [3.8, 4) is 16.3 Å². The maximum Gasteiger partial charge on any atom is 0.147 e. The molecule has 0 unspecified atom stereocenters. The summed E-state index contributed by atoms with van der Waals surface area (Å²) in [6, 6.07) is 7.90. The van der Waals surface area contributed by atoms with Crippen molar-refractivity contribution in [1.29, 1.82) is 0 Å². The molecule has 20 heavy (non-hydrogen) atoms. The summed E-state index contributed by atoms with van der Waals surface area (Å²) in [5.41, 5.74) is 1.22. The molecule has 0 aliphatic rings. The highest BCUT2D eigenvalue weighted by atomic mass is 32.1. The van der Waals surface area contributed by atoms with E-state index in [0.29, 0.717) is 0 Å². The maximum atomic E-state index is 5.15. The third-order valence-electron chi connectivity index (χ3n) is 2.80. The summed E-state index contributed by atoms with van der Waals surface area (Å²) in [4.78, 5) is 0. The van der Waals surface area contributed by atoms with Gasteiger partial charge in [-0.3, -0.25) is 0 Å². The van der Waals surface area contributed by atoms with Gasteiger partial charge >= 0.3 is 0 Å². The lowest BCUT2D eigenvalue weighted by molar-refractivity contribution is 0.415. The van der Waals surface area contributed by atoms with Gasteiger partial charge in [0.05, 0.1) is 7.11 Å². The molecular formula is C15H21N3OS. The number of benzene rings is 1. The predicted octanol–water partition coefficient (Wildman–Crippen LogP) is 3.14. The van der Waals surface area contributed by atoms with Gasteiger partial charge in [0.2, 0.25) is 0 Å². The lowest BCUT2D eigenvalue weighted by atomic mass is 10.1. The quantitative estimate of drug-likeness (QED) is 0.919. The summed E-state index contributed by atoms with van der Waals surface area (Å²) >= 11 is 1.65. The molecule has 108 valence electrons. The molecule has 2 rings (SSSR count). The van der Waals surface area contributed by atoms with Crippen LogP contribution >= 0.6 is 11.3 Å². The van der Waals surface area contributed by atoms with Crippen LogP contribution in [-0.2, 0) is 6.42 Å². The number of hydrogen-bond acceptors (Lipinski definition) is 5. The first-order chi connectivity index (χ1) is 9.48. The van der Waals surface area contributed by atoms with Gasteiger partial charge in [0.1, 0.15) is 15.8 Å². The Balaban J connectivity index is 1.97. The third-order valence-corrected chi connectivity index (χ3v) is 3.83. The summed E-state index contributed by atoms with van der Waals surface area (Å²) in [6.45, 7) is 7.41. The summed E-state index contributed by atoms with van der Waals surface area (Å²) in [5.74, 6) is 0.855. The van der Waals surface area contributed by atoms with Crippen LogP contribution in [0.25, 0.3) is 10.6 Å². The van der Waals surface area contributed by atoms with Crippen molar-refractivity contribution >= 4 is 11.3 Å². The molecule has 5 heteroatoms. The van der Waals surface area contributed by atoms with Crippen LogP contribution in [-0.4, -0.2) is 29.4 Å². The van der Waals surface area contributed by atoms with Gasteiger partial charge in [0.15, 0.2) is 0 Å². The number of nitrogens with one attached hydrogen (secondary N) is 1. The van der Waals surface area contributed by atoms with Crippen molar-refractivity contribution in [2.24, 2.45) is 0 Å². The second-order valence-electron chi connectivity index (χ2n) is 5.66. The van der Waals surface area contributed by atoms with Crippen LogP contribution in [0, 0.1) is 0 Å². The average Bonchev–Trinajstić information content (AvgIpc) is 2.86. The Bertz CT molecular complexity index is 543. The minimum atomic E-state index is 0.142. The molecule has 1 aromatic carbocycles. The standard InChI is InChI=1S/C15H21N3OS/c1-15(2,3)16-10-9-13-17-18-14(20-13)11-5-7-12(19-4)8-6-11/h5-8,16H,9-10H2,1-4H3. The van der Waals surface area contributed by atoms with Crippen LogP contribution in [0.4, 0.5) is 0 Å². The van der Waals surface area contributed by atoms with E-state index in [1.54, 1.807) is 18.4 Å². The molecule has 2 aromatic rings. The van der Waals surface area contributed by atoms with Crippen LogP contribution < -0.4 is 10.1 Å². The molecule has 0 fully saturated rings. The molecule has 0 aliphatic carbocycles. The highest BCUT2D eigenvalue weighted by molar-refractivity contribution is 7.14. The van der Waals surface area contributed by atoms with E-state index in [1.165, 1.54) is 0 Å². The number of ether oxygens (including phenoxy) is 1. The van der Waals surface area contributed by atoms with E-state index in [0.717, 1.165) is 34.3 Å². The Morgan fingerprint density at radius 2 is 1.85 bits per heavy atom. The molecule has 0 spiro atoms. The third kappa shape index (κ3) is 4.28. The van der Waals surface area contributed by atoms with Gasteiger partial charge < -0.3 is 10.1 Å². The minimum Gasteiger partial charge on any atom is -0.497 e. The smallest absolute Gasteiger partial charge is 0.147 e. The lowest BCUT2D eigenvalue weighted by Crippen LogP contribution is -2.37. The summed E-state index contributed by atoms with van der Waals surface area (Å²) in [5, 5.41) is 14.0. The fraction of sp³-hybridized carbons (Fsp3) is 0.467. The van der Waals surface area contributed by atoms with Crippen LogP contribution in [0.3, 0.4) is 0 Å². The van der Waals surface area contributed by atoms with E-state index in [2.05, 4.69) is 36.3 Å². The number of aromatic nitrogens is 2. The Hall–Kier alpha value is -1.46. The molecule has 1 N–H and O–H groups in total. The molecule has 0 radical (unpaired) electrons. The summed E-state index contributed by atoms with van der Waals surface area (Å²) < 4.78 is 5.15. The molecule has 0 atom stereocenters. The van der Waals surface area contributed by atoms with Gasteiger partial charge in [0.25, 0.3) is 0 Å². The van der Waals surface area contributed by atoms with Crippen molar-refractivity contribution in [1.82, 2.24) is 15.5 Å². The van der Waals surface area contributed by atoms with Crippen molar-refractivity contribution in [3.05, 3.63) is 29.3 Å².